The summed E-state index contributed by atoms with van der Waals surface area (Å²) in [5.74, 6) is -2.28. The van der Waals surface area contributed by atoms with Gasteiger partial charge in [0.05, 0.1) is 16.5 Å². The Morgan fingerprint density at radius 2 is 1.60 bits per heavy atom. The van der Waals surface area contributed by atoms with E-state index >= 15 is 0 Å². The highest BCUT2D eigenvalue weighted by atomic mass is 35.5. The first kappa shape index (κ1) is 22.7. The highest BCUT2D eigenvalue weighted by molar-refractivity contribution is 6.30. The molecule has 4 nitrogen and oxygen atoms in total. The molecular formula is C27H14ClF3O4. The van der Waals surface area contributed by atoms with Crippen molar-refractivity contribution in [2.45, 2.75) is 6.18 Å². The van der Waals surface area contributed by atoms with Gasteiger partial charge in [-0.05, 0) is 46.7 Å². The lowest BCUT2D eigenvalue weighted by Crippen LogP contribution is -2.16. The zero-order chi connectivity index (χ0) is 24.7. The number of carbonyl (C=O) groups is 1. The molecule has 0 unspecified atom stereocenters. The maximum Gasteiger partial charge on any atom is 0.450 e. The van der Waals surface area contributed by atoms with Crippen molar-refractivity contribution in [3.8, 4) is 16.9 Å². The largest absolute Gasteiger partial charge is 0.450 e. The van der Waals surface area contributed by atoms with Gasteiger partial charge in [0.1, 0.15) is 11.3 Å². The van der Waals surface area contributed by atoms with Crippen LogP contribution in [0, 0.1) is 0 Å². The zero-order valence-electron chi connectivity index (χ0n) is 17.7. The summed E-state index contributed by atoms with van der Waals surface area (Å²) in [5.41, 5.74) is -1.51. The van der Waals surface area contributed by atoms with Crippen molar-refractivity contribution in [3.63, 3.8) is 0 Å². The number of hydrogen-bond donors (Lipinski definition) is 0. The number of fused-ring (bicyclic) bond motifs is 2. The quantitative estimate of drug-likeness (QED) is 0.192. The van der Waals surface area contributed by atoms with Crippen molar-refractivity contribution < 1.29 is 27.1 Å². The summed E-state index contributed by atoms with van der Waals surface area (Å²) >= 11 is 5.89. The van der Waals surface area contributed by atoms with Gasteiger partial charge in [-0.3, -0.25) is 4.79 Å². The SMILES string of the molecule is O=C(Oc1ccc2c(=O)c(-c3cccc4ccccc34)c(C(F)(F)F)oc2c1)c1cccc(Cl)c1. The fourth-order valence-corrected chi connectivity index (χ4v) is 4.10. The van der Waals surface area contributed by atoms with E-state index in [1.165, 1.54) is 30.3 Å². The van der Waals surface area contributed by atoms with Crippen molar-refractivity contribution in [2.75, 3.05) is 0 Å². The Balaban J connectivity index is 1.67. The fraction of sp³-hybridized carbons (Fsp3) is 0.0370. The molecule has 0 aliphatic carbocycles. The number of halogens is 4. The zero-order valence-corrected chi connectivity index (χ0v) is 18.5. The second-order valence-corrected chi connectivity index (χ2v) is 8.15. The first-order valence-electron chi connectivity index (χ1n) is 10.4. The standard InChI is InChI=1S/C27H14ClF3O4/c28-17-8-3-7-16(13-17)26(33)34-18-11-12-21-22(14-18)35-25(27(29,30)31)23(24(21)32)20-10-4-6-15-5-1-2-9-19(15)20/h1-14H. The van der Waals surface area contributed by atoms with E-state index < -0.39 is 28.9 Å². The number of carbonyl (C=O) groups excluding carboxylic acids is 1. The van der Waals surface area contributed by atoms with E-state index in [9.17, 15) is 22.8 Å². The molecule has 1 heterocycles. The lowest BCUT2D eigenvalue weighted by Gasteiger charge is -2.14. The molecule has 35 heavy (non-hydrogen) atoms. The lowest BCUT2D eigenvalue weighted by molar-refractivity contribution is -0.152. The van der Waals surface area contributed by atoms with Crippen LogP contribution in [0.3, 0.4) is 0 Å². The van der Waals surface area contributed by atoms with Crippen molar-refractivity contribution in [1.82, 2.24) is 0 Å². The van der Waals surface area contributed by atoms with Crippen LogP contribution in [0.5, 0.6) is 5.75 Å². The Morgan fingerprint density at radius 1 is 0.857 bits per heavy atom. The van der Waals surface area contributed by atoms with Gasteiger partial charge in [0, 0.05) is 11.1 Å². The molecule has 0 saturated carbocycles. The van der Waals surface area contributed by atoms with Gasteiger partial charge < -0.3 is 9.15 Å². The molecular weight excluding hydrogens is 481 g/mol. The fourth-order valence-electron chi connectivity index (χ4n) is 3.91. The Labute approximate surface area is 201 Å². The van der Waals surface area contributed by atoms with E-state index in [0.29, 0.717) is 15.8 Å². The lowest BCUT2D eigenvalue weighted by atomic mass is 9.96. The maximum atomic E-state index is 14.1. The average Bonchev–Trinajstić information content (AvgIpc) is 2.83. The molecule has 5 rings (SSSR count). The maximum absolute atomic E-state index is 14.1. The summed E-state index contributed by atoms with van der Waals surface area (Å²) in [6, 6.07) is 21.3. The number of rotatable bonds is 3. The van der Waals surface area contributed by atoms with E-state index in [-0.39, 0.29) is 27.8 Å². The minimum Gasteiger partial charge on any atom is -0.450 e. The van der Waals surface area contributed by atoms with Crippen LogP contribution in [0.1, 0.15) is 16.1 Å². The highest BCUT2D eigenvalue weighted by Gasteiger charge is 2.39. The minimum atomic E-state index is -4.95. The second kappa shape index (κ2) is 8.60. The van der Waals surface area contributed by atoms with Gasteiger partial charge in [0.2, 0.25) is 11.2 Å². The molecule has 174 valence electrons. The second-order valence-electron chi connectivity index (χ2n) is 7.72. The molecule has 0 radical (unpaired) electrons. The van der Waals surface area contributed by atoms with Crippen molar-refractivity contribution in [1.29, 1.82) is 0 Å². The number of hydrogen-bond acceptors (Lipinski definition) is 4. The molecule has 0 aliphatic heterocycles. The number of benzene rings is 4. The van der Waals surface area contributed by atoms with Crippen LogP contribution in [0.25, 0.3) is 32.9 Å². The first-order chi connectivity index (χ1) is 16.7. The smallest absolute Gasteiger partial charge is 0.450 e. The molecule has 0 fully saturated rings. The molecule has 1 aromatic heterocycles. The Bertz CT molecular complexity index is 1670. The monoisotopic (exact) mass is 494 g/mol. The van der Waals surface area contributed by atoms with Crippen LogP contribution in [-0.2, 0) is 6.18 Å². The summed E-state index contributed by atoms with van der Waals surface area (Å²) in [7, 11) is 0. The third-order valence-electron chi connectivity index (χ3n) is 5.45. The summed E-state index contributed by atoms with van der Waals surface area (Å²) in [6.45, 7) is 0. The van der Waals surface area contributed by atoms with E-state index in [2.05, 4.69) is 0 Å². The van der Waals surface area contributed by atoms with Gasteiger partial charge in [-0.1, -0.05) is 60.1 Å². The number of ether oxygens (including phenoxy) is 1. The normalized spacial score (nSPS) is 11.7. The number of esters is 1. The van der Waals surface area contributed by atoms with Crippen LogP contribution >= 0.6 is 11.6 Å². The molecule has 5 aromatic rings. The van der Waals surface area contributed by atoms with Gasteiger partial charge >= 0.3 is 12.1 Å². The molecule has 4 aromatic carbocycles. The van der Waals surface area contributed by atoms with E-state index in [1.54, 1.807) is 48.5 Å². The predicted octanol–water partition coefficient (Wildman–Crippen LogP) is 7.50. The third kappa shape index (κ3) is 4.26. The van der Waals surface area contributed by atoms with Gasteiger partial charge in [0.25, 0.3) is 0 Å². The summed E-state index contributed by atoms with van der Waals surface area (Å²) in [4.78, 5) is 25.8. The average molecular weight is 495 g/mol. The van der Waals surface area contributed by atoms with E-state index in [0.717, 1.165) is 6.07 Å². The molecule has 0 atom stereocenters. The molecule has 0 saturated heterocycles. The molecule has 0 N–H and O–H groups in total. The van der Waals surface area contributed by atoms with Crippen LogP contribution < -0.4 is 10.2 Å². The molecule has 0 spiro atoms. The van der Waals surface area contributed by atoms with Crippen LogP contribution in [-0.4, -0.2) is 5.97 Å². The van der Waals surface area contributed by atoms with Crippen molar-refractivity contribution in [2.24, 2.45) is 0 Å². The summed E-state index contributed by atoms with van der Waals surface area (Å²) < 4.78 is 52.8. The topological polar surface area (TPSA) is 56.5 Å². The molecule has 0 amide bonds. The third-order valence-corrected chi connectivity index (χ3v) is 5.69. The molecule has 0 aliphatic rings. The first-order valence-corrected chi connectivity index (χ1v) is 10.7. The van der Waals surface area contributed by atoms with E-state index in [1.807, 2.05) is 0 Å². The van der Waals surface area contributed by atoms with Crippen LogP contribution in [0.15, 0.2) is 94.1 Å². The molecule has 0 bridgehead atoms. The Hall–Kier alpha value is -4.10. The van der Waals surface area contributed by atoms with Gasteiger partial charge in [-0.2, -0.15) is 13.2 Å². The van der Waals surface area contributed by atoms with Crippen LogP contribution in [0.2, 0.25) is 5.02 Å². The van der Waals surface area contributed by atoms with Gasteiger partial charge in [-0.25, -0.2) is 4.79 Å². The Kier molecular flexibility index (Phi) is 5.57. The number of alkyl halides is 3. The van der Waals surface area contributed by atoms with E-state index in [4.69, 9.17) is 20.8 Å². The minimum absolute atomic E-state index is 0.0801. The van der Waals surface area contributed by atoms with Crippen LogP contribution in [0.4, 0.5) is 13.2 Å². The summed E-state index contributed by atoms with van der Waals surface area (Å²) in [6.07, 6.45) is -4.95. The van der Waals surface area contributed by atoms with Gasteiger partial charge in [0.15, 0.2) is 0 Å². The summed E-state index contributed by atoms with van der Waals surface area (Å²) in [5, 5.41) is 1.41. The Morgan fingerprint density at radius 3 is 2.37 bits per heavy atom. The molecule has 8 heteroatoms. The van der Waals surface area contributed by atoms with Crippen molar-refractivity contribution >= 4 is 39.3 Å². The predicted molar refractivity (Wildman–Crippen MR) is 127 cm³/mol. The highest BCUT2D eigenvalue weighted by Crippen LogP contribution is 2.39. The van der Waals surface area contributed by atoms with Gasteiger partial charge in [-0.15, -0.1) is 0 Å². The van der Waals surface area contributed by atoms with Crippen molar-refractivity contribution in [3.05, 3.63) is 111 Å².